The van der Waals surface area contributed by atoms with Crippen molar-refractivity contribution in [2.24, 2.45) is 0 Å². The van der Waals surface area contributed by atoms with Crippen LogP contribution in [0.1, 0.15) is 6.92 Å². The van der Waals surface area contributed by atoms with Crippen molar-refractivity contribution in [3.05, 3.63) is 30.4 Å². The molecule has 2 nitrogen and oxygen atoms in total. The summed E-state index contributed by atoms with van der Waals surface area (Å²) in [4.78, 5) is 0. The molecule has 17 heavy (non-hydrogen) atoms. The van der Waals surface area contributed by atoms with Gasteiger partial charge in [-0.2, -0.15) is 0 Å². The third-order valence-electron chi connectivity index (χ3n) is 2.04. The van der Waals surface area contributed by atoms with Gasteiger partial charge in [-0.05, 0) is 30.7 Å². The molecule has 0 N–H and O–H groups in total. The van der Waals surface area contributed by atoms with E-state index in [1.165, 1.54) is 19.2 Å². The van der Waals surface area contributed by atoms with Crippen molar-refractivity contribution in [3.8, 4) is 11.5 Å². The van der Waals surface area contributed by atoms with Crippen LogP contribution in [0.5, 0.6) is 11.5 Å². The third kappa shape index (κ3) is 3.73. The summed E-state index contributed by atoms with van der Waals surface area (Å²) >= 11 is 0. The summed E-state index contributed by atoms with van der Waals surface area (Å²) in [6, 6.07) is 3.62. The Bertz CT molecular complexity index is 416. The molecule has 0 radical (unpaired) electrons. The Morgan fingerprint density at radius 1 is 1.35 bits per heavy atom. The molecule has 0 aromatic heterocycles. The van der Waals surface area contributed by atoms with Crippen molar-refractivity contribution in [2.75, 3.05) is 13.7 Å². The van der Waals surface area contributed by atoms with E-state index >= 15 is 0 Å². The number of methoxy groups -OCH3 is 1. The van der Waals surface area contributed by atoms with E-state index in [4.69, 9.17) is 9.47 Å². The van der Waals surface area contributed by atoms with Crippen LogP contribution in [-0.4, -0.2) is 20.7 Å². The molecule has 6 heteroatoms. The zero-order valence-electron chi connectivity index (χ0n) is 9.67. The quantitative estimate of drug-likeness (QED) is 0.586. The van der Waals surface area contributed by atoms with Gasteiger partial charge < -0.3 is 22.4 Å². The highest BCUT2D eigenvalue weighted by atomic mass is 19.4. The third-order valence-corrected chi connectivity index (χ3v) is 2.04. The molecular formula is C11H13BF3O2-. The first kappa shape index (κ1) is 13.5. The number of halogens is 3. The molecule has 0 amide bonds. The van der Waals surface area contributed by atoms with Gasteiger partial charge in [0.15, 0.2) is 0 Å². The lowest BCUT2D eigenvalue weighted by molar-refractivity contribution is 0.351. The summed E-state index contributed by atoms with van der Waals surface area (Å²) < 4.78 is 48.2. The lowest BCUT2D eigenvalue weighted by atomic mass is 9.79. The van der Waals surface area contributed by atoms with Gasteiger partial charge in [-0.15, -0.1) is 0 Å². The Balaban J connectivity index is 3.07. The normalized spacial score (nSPS) is 11.1. The molecule has 0 aliphatic heterocycles. The monoisotopic (exact) mass is 245 g/mol. The van der Waals surface area contributed by atoms with Crippen molar-refractivity contribution in [2.45, 2.75) is 6.92 Å². The van der Waals surface area contributed by atoms with Gasteiger partial charge in [0.05, 0.1) is 12.9 Å². The minimum absolute atomic E-state index is 0.0610. The SMILES string of the molecule is C=C(C)COc1ccc(OC)cc1[B-](F)(F)F. The molecule has 1 aromatic carbocycles. The maximum Gasteiger partial charge on any atom is 0.513 e. The zero-order chi connectivity index (χ0) is 13.1. The van der Waals surface area contributed by atoms with Gasteiger partial charge in [0.1, 0.15) is 12.4 Å². The van der Waals surface area contributed by atoms with Gasteiger partial charge in [-0.25, -0.2) is 0 Å². The Hall–Kier alpha value is -1.59. The molecule has 0 spiro atoms. The van der Waals surface area contributed by atoms with Crippen LogP contribution < -0.4 is 14.9 Å². The highest BCUT2D eigenvalue weighted by Crippen LogP contribution is 2.22. The highest BCUT2D eigenvalue weighted by molar-refractivity contribution is 6.74. The van der Waals surface area contributed by atoms with E-state index in [1.807, 2.05) is 0 Å². The number of rotatable bonds is 5. The Labute approximate surface area is 98.1 Å². The Morgan fingerprint density at radius 3 is 2.47 bits per heavy atom. The van der Waals surface area contributed by atoms with Crippen molar-refractivity contribution in [3.63, 3.8) is 0 Å². The van der Waals surface area contributed by atoms with E-state index in [9.17, 15) is 12.9 Å². The summed E-state index contributed by atoms with van der Waals surface area (Å²) in [7, 11) is 1.32. The fourth-order valence-corrected chi connectivity index (χ4v) is 1.24. The fraction of sp³-hybridized carbons (Fsp3) is 0.273. The summed E-state index contributed by atoms with van der Waals surface area (Å²) in [5.74, 6) is -0.0387. The zero-order valence-corrected chi connectivity index (χ0v) is 9.67. The largest absolute Gasteiger partial charge is 0.513 e. The number of benzene rings is 1. The number of hydrogen-bond donors (Lipinski definition) is 0. The fourth-order valence-electron chi connectivity index (χ4n) is 1.24. The second kappa shape index (κ2) is 5.16. The lowest BCUT2D eigenvalue weighted by Crippen LogP contribution is -2.35. The Morgan fingerprint density at radius 2 is 2.00 bits per heavy atom. The smallest absolute Gasteiger partial charge is 0.497 e. The standard InChI is InChI=1S/C11H13BF3O2/c1-8(2)7-17-11-5-4-9(16-3)6-10(11)12(13,14)15/h4-6H,1,7H2,2-3H3/q-1. The molecule has 1 aromatic rings. The second-order valence-electron chi connectivity index (χ2n) is 3.72. The number of ether oxygens (including phenoxy) is 2. The molecule has 0 unspecified atom stereocenters. The molecule has 0 saturated heterocycles. The lowest BCUT2D eigenvalue weighted by Gasteiger charge is -2.20. The van der Waals surface area contributed by atoms with Crippen molar-refractivity contribution in [1.29, 1.82) is 0 Å². The van der Waals surface area contributed by atoms with E-state index < -0.39 is 12.4 Å². The van der Waals surface area contributed by atoms with E-state index in [0.717, 1.165) is 6.07 Å². The van der Waals surface area contributed by atoms with Crippen molar-refractivity contribution in [1.82, 2.24) is 0 Å². The first-order chi connectivity index (χ1) is 7.84. The van der Waals surface area contributed by atoms with Crippen LogP contribution in [0.2, 0.25) is 0 Å². The van der Waals surface area contributed by atoms with Crippen LogP contribution in [0.15, 0.2) is 30.4 Å². The second-order valence-corrected chi connectivity index (χ2v) is 3.72. The van der Waals surface area contributed by atoms with E-state index in [1.54, 1.807) is 6.92 Å². The molecule has 1 rings (SSSR count). The first-order valence-corrected chi connectivity index (χ1v) is 4.99. The minimum Gasteiger partial charge on any atom is -0.497 e. The summed E-state index contributed by atoms with van der Waals surface area (Å²) in [6.07, 6.45) is 0. The van der Waals surface area contributed by atoms with Gasteiger partial charge in [0.25, 0.3) is 0 Å². The summed E-state index contributed by atoms with van der Waals surface area (Å²) in [5.41, 5.74) is -0.132. The minimum atomic E-state index is -5.13. The summed E-state index contributed by atoms with van der Waals surface area (Å²) in [5, 5.41) is 0. The molecular weight excluding hydrogens is 232 g/mol. The van der Waals surface area contributed by atoms with Crippen LogP contribution >= 0.6 is 0 Å². The van der Waals surface area contributed by atoms with Crippen LogP contribution in [0.3, 0.4) is 0 Å². The number of hydrogen-bond acceptors (Lipinski definition) is 2. The van der Waals surface area contributed by atoms with E-state index in [0.29, 0.717) is 5.57 Å². The predicted molar refractivity (Wildman–Crippen MR) is 62.0 cm³/mol. The van der Waals surface area contributed by atoms with Crippen LogP contribution in [0.4, 0.5) is 12.9 Å². The van der Waals surface area contributed by atoms with Crippen molar-refractivity contribution < 1.29 is 22.4 Å². The molecule has 0 aliphatic carbocycles. The van der Waals surface area contributed by atoms with E-state index in [-0.39, 0.29) is 18.1 Å². The Kier molecular flexibility index (Phi) is 4.09. The topological polar surface area (TPSA) is 18.5 Å². The molecule has 0 heterocycles. The molecule has 94 valence electrons. The maximum atomic E-state index is 12.8. The first-order valence-electron chi connectivity index (χ1n) is 4.99. The van der Waals surface area contributed by atoms with Gasteiger partial charge in [0, 0.05) is 0 Å². The van der Waals surface area contributed by atoms with E-state index in [2.05, 4.69) is 6.58 Å². The van der Waals surface area contributed by atoms with Gasteiger partial charge >= 0.3 is 6.98 Å². The molecule has 0 bridgehead atoms. The van der Waals surface area contributed by atoms with Crippen molar-refractivity contribution >= 4 is 12.4 Å². The predicted octanol–water partition coefficient (Wildman–Crippen LogP) is 2.70. The van der Waals surface area contributed by atoms with Gasteiger partial charge in [-0.3, -0.25) is 0 Å². The summed E-state index contributed by atoms with van der Waals surface area (Å²) in [6.45, 7) is 0.184. The molecule has 0 saturated carbocycles. The van der Waals surface area contributed by atoms with Crippen LogP contribution in [0.25, 0.3) is 0 Å². The average Bonchev–Trinajstić information content (AvgIpc) is 2.24. The van der Waals surface area contributed by atoms with Gasteiger partial charge in [0.2, 0.25) is 0 Å². The average molecular weight is 245 g/mol. The van der Waals surface area contributed by atoms with Gasteiger partial charge in [-0.1, -0.05) is 12.0 Å². The molecule has 0 aliphatic rings. The molecule has 0 fully saturated rings. The molecule has 0 atom stereocenters. The maximum absolute atomic E-state index is 12.8. The van der Waals surface area contributed by atoms with Crippen LogP contribution in [-0.2, 0) is 0 Å². The highest BCUT2D eigenvalue weighted by Gasteiger charge is 2.29. The van der Waals surface area contributed by atoms with Crippen LogP contribution in [0, 0.1) is 0 Å².